The first-order chi connectivity index (χ1) is 5.76. The fourth-order valence-corrected chi connectivity index (χ4v) is 4.73. The number of hydrogen-bond donors (Lipinski definition) is 1. The van der Waals surface area contributed by atoms with E-state index in [1.54, 1.807) is 0 Å². The van der Waals surface area contributed by atoms with Gasteiger partial charge < -0.3 is 19.0 Å². The van der Waals surface area contributed by atoms with E-state index >= 15 is 0 Å². The number of nitrogens with two attached hydrogens (primary N) is 1. The molecule has 2 bridgehead atoms. The van der Waals surface area contributed by atoms with E-state index in [0.29, 0.717) is 6.54 Å². The second kappa shape index (κ2) is 3.08. The van der Waals surface area contributed by atoms with Crippen LogP contribution in [0.15, 0.2) is 0 Å². The molecule has 0 aliphatic carbocycles. The predicted molar refractivity (Wildman–Crippen MR) is 45.6 cm³/mol. The molecule has 3 unspecified atom stereocenters. The quantitative estimate of drug-likeness (QED) is 0.640. The van der Waals surface area contributed by atoms with Gasteiger partial charge >= 0.3 is 8.80 Å². The Labute approximate surface area is 73.3 Å². The van der Waals surface area contributed by atoms with Crippen LogP contribution in [0.4, 0.5) is 0 Å². The van der Waals surface area contributed by atoms with Crippen molar-refractivity contribution in [2.75, 3.05) is 13.2 Å². The first kappa shape index (κ1) is 8.65. The third-order valence-corrected chi connectivity index (χ3v) is 5.34. The van der Waals surface area contributed by atoms with Crippen molar-refractivity contribution in [2.45, 2.75) is 31.6 Å². The van der Waals surface area contributed by atoms with Crippen LogP contribution < -0.4 is 5.73 Å². The summed E-state index contributed by atoms with van der Waals surface area (Å²) < 4.78 is 17.0. The summed E-state index contributed by atoms with van der Waals surface area (Å²) in [6.45, 7) is 3.45. The molecule has 0 aromatic carbocycles. The normalized spacial score (nSPS) is 45.5. The van der Waals surface area contributed by atoms with Gasteiger partial charge in [-0.05, 0) is 19.9 Å². The van der Waals surface area contributed by atoms with Gasteiger partial charge in [-0.25, -0.2) is 0 Å². The van der Waals surface area contributed by atoms with E-state index in [9.17, 15) is 0 Å². The van der Waals surface area contributed by atoms with Crippen molar-refractivity contribution < 1.29 is 13.3 Å². The highest BCUT2D eigenvalue weighted by Gasteiger charge is 2.57. The maximum Gasteiger partial charge on any atom is 0.501 e. The molecule has 0 spiro atoms. The number of hydrogen-bond acceptors (Lipinski definition) is 4. The summed E-state index contributed by atoms with van der Waals surface area (Å²) in [5.74, 6) is 0. The molecule has 2 heterocycles. The molecule has 2 aliphatic heterocycles. The van der Waals surface area contributed by atoms with Crippen molar-refractivity contribution in [1.29, 1.82) is 0 Å². The average Bonchev–Trinajstić information content (AvgIpc) is 2.58. The number of fused-ring (bicyclic) bond motifs is 2. The highest BCUT2D eigenvalue weighted by atomic mass is 28.4. The van der Waals surface area contributed by atoms with Crippen molar-refractivity contribution >= 4 is 8.80 Å². The molecule has 2 fully saturated rings. The molecular formula is C7H15NO3Si. The molecule has 5 heteroatoms. The minimum absolute atomic E-state index is 0.189. The van der Waals surface area contributed by atoms with Gasteiger partial charge in [0.25, 0.3) is 0 Å². The smallest absolute Gasteiger partial charge is 0.371 e. The van der Waals surface area contributed by atoms with E-state index in [1.807, 2.05) is 6.92 Å². The lowest BCUT2D eigenvalue weighted by molar-refractivity contribution is 0.0881. The van der Waals surface area contributed by atoms with E-state index in [2.05, 4.69) is 0 Å². The molecule has 0 aromatic rings. The fraction of sp³-hybridized carbons (Fsp3) is 1.00. The maximum absolute atomic E-state index is 5.71. The lowest BCUT2D eigenvalue weighted by atomic mass is 10.2. The Morgan fingerprint density at radius 1 is 1.50 bits per heavy atom. The third kappa shape index (κ3) is 1.31. The molecule has 4 nitrogen and oxygen atoms in total. The van der Waals surface area contributed by atoms with E-state index in [-0.39, 0.29) is 12.2 Å². The Kier molecular flexibility index (Phi) is 2.22. The lowest BCUT2D eigenvalue weighted by Gasteiger charge is -2.22. The summed E-state index contributed by atoms with van der Waals surface area (Å²) in [5, 5.41) is 0. The van der Waals surface area contributed by atoms with E-state index in [4.69, 9.17) is 19.0 Å². The average molecular weight is 189 g/mol. The topological polar surface area (TPSA) is 53.7 Å². The van der Waals surface area contributed by atoms with Gasteiger partial charge in [-0.3, -0.25) is 0 Å². The summed E-state index contributed by atoms with van der Waals surface area (Å²) in [5.41, 5.74) is 5.42. The van der Waals surface area contributed by atoms with Gasteiger partial charge in [0.1, 0.15) is 0 Å². The highest BCUT2D eigenvalue weighted by Crippen LogP contribution is 2.36. The monoisotopic (exact) mass is 189 g/mol. The van der Waals surface area contributed by atoms with Crippen LogP contribution in [0.2, 0.25) is 6.04 Å². The summed E-state index contributed by atoms with van der Waals surface area (Å²) >= 11 is 0. The lowest BCUT2D eigenvalue weighted by Crippen LogP contribution is -2.41. The first-order valence-electron chi connectivity index (χ1n) is 4.45. The Hall–Kier alpha value is 0.0569. The summed E-state index contributed by atoms with van der Waals surface area (Å²) in [6, 6.07) is 0.879. The summed E-state index contributed by atoms with van der Waals surface area (Å²) in [4.78, 5) is 0. The van der Waals surface area contributed by atoms with Crippen LogP contribution in [0.25, 0.3) is 0 Å². The standard InChI is InChI=1S/C7H15NO3Si/c1-6-7-5-9-12(10-6,11-7)4-2-3-8/h6-7H,2-5,8H2,1H3. The van der Waals surface area contributed by atoms with Crippen LogP contribution in [0.5, 0.6) is 0 Å². The second-order valence-electron chi connectivity index (χ2n) is 3.37. The molecule has 3 atom stereocenters. The molecule has 2 N–H and O–H groups in total. The van der Waals surface area contributed by atoms with Crippen LogP contribution in [-0.2, 0) is 13.3 Å². The van der Waals surface area contributed by atoms with Crippen molar-refractivity contribution in [3.05, 3.63) is 0 Å². The van der Waals surface area contributed by atoms with Crippen molar-refractivity contribution in [3.63, 3.8) is 0 Å². The van der Waals surface area contributed by atoms with Crippen LogP contribution in [-0.4, -0.2) is 34.2 Å². The Balaban J connectivity index is 1.94. The van der Waals surface area contributed by atoms with Crippen LogP contribution in [0, 0.1) is 0 Å². The van der Waals surface area contributed by atoms with Crippen molar-refractivity contribution in [1.82, 2.24) is 0 Å². The first-order valence-corrected chi connectivity index (χ1v) is 6.39. The van der Waals surface area contributed by atoms with Gasteiger partial charge in [-0.15, -0.1) is 0 Å². The van der Waals surface area contributed by atoms with Crippen molar-refractivity contribution in [2.24, 2.45) is 5.73 Å². The van der Waals surface area contributed by atoms with E-state index < -0.39 is 8.80 Å². The maximum atomic E-state index is 5.71. The van der Waals surface area contributed by atoms with Gasteiger partial charge in [-0.1, -0.05) is 0 Å². The molecule has 0 aromatic heterocycles. The van der Waals surface area contributed by atoms with E-state index in [0.717, 1.165) is 19.1 Å². The molecule has 2 rings (SSSR count). The Bertz CT molecular complexity index is 176. The number of rotatable bonds is 3. The Morgan fingerprint density at radius 2 is 2.33 bits per heavy atom. The van der Waals surface area contributed by atoms with Crippen LogP contribution in [0.3, 0.4) is 0 Å². The largest absolute Gasteiger partial charge is 0.501 e. The molecule has 70 valence electrons. The summed E-state index contributed by atoms with van der Waals surface area (Å²) in [7, 11) is -2.20. The zero-order chi connectivity index (χ0) is 8.60. The molecule has 0 radical (unpaired) electrons. The zero-order valence-electron chi connectivity index (χ0n) is 7.29. The minimum Gasteiger partial charge on any atom is -0.371 e. The fourth-order valence-electron chi connectivity index (χ4n) is 1.67. The molecule has 0 amide bonds. The van der Waals surface area contributed by atoms with E-state index in [1.165, 1.54) is 0 Å². The molecule has 0 saturated carbocycles. The van der Waals surface area contributed by atoms with Gasteiger partial charge in [-0.2, -0.15) is 0 Å². The zero-order valence-corrected chi connectivity index (χ0v) is 8.29. The van der Waals surface area contributed by atoms with Crippen LogP contribution >= 0.6 is 0 Å². The third-order valence-electron chi connectivity index (χ3n) is 2.37. The second-order valence-corrected chi connectivity index (χ2v) is 5.99. The minimum atomic E-state index is -2.20. The van der Waals surface area contributed by atoms with Crippen molar-refractivity contribution in [3.8, 4) is 0 Å². The van der Waals surface area contributed by atoms with Gasteiger partial charge in [0.2, 0.25) is 0 Å². The molecular weight excluding hydrogens is 174 g/mol. The SMILES string of the molecule is CC1O[Si]2(CCCN)OCC1O2. The molecule has 2 saturated heterocycles. The van der Waals surface area contributed by atoms with Gasteiger partial charge in [0.05, 0.1) is 18.8 Å². The van der Waals surface area contributed by atoms with Gasteiger partial charge in [0.15, 0.2) is 0 Å². The van der Waals surface area contributed by atoms with Crippen LogP contribution in [0.1, 0.15) is 13.3 Å². The highest BCUT2D eigenvalue weighted by molar-refractivity contribution is 6.62. The summed E-state index contributed by atoms with van der Waals surface area (Å²) in [6.07, 6.45) is 1.35. The predicted octanol–water partition coefficient (Wildman–Crippen LogP) is 0.108. The molecule has 2 aliphatic rings. The Morgan fingerprint density at radius 3 is 2.83 bits per heavy atom. The van der Waals surface area contributed by atoms with Gasteiger partial charge in [0, 0.05) is 6.04 Å². The molecule has 12 heavy (non-hydrogen) atoms.